The maximum Gasteiger partial charge on any atom is 0.274 e. The molecule has 1 amide bonds. The zero-order chi connectivity index (χ0) is 21.4. The number of amides is 1. The summed E-state index contributed by atoms with van der Waals surface area (Å²) < 4.78 is 1.83. The van der Waals surface area contributed by atoms with Crippen molar-refractivity contribution >= 4 is 67.2 Å². The molecule has 0 atom stereocenters. The van der Waals surface area contributed by atoms with Crippen LogP contribution in [-0.2, 0) is 0 Å². The van der Waals surface area contributed by atoms with E-state index in [1.165, 1.54) is 16.0 Å². The standard InChI is InChI=1S/C18H12BrCl2N7OS/c1-8-5-9(20)6-10(17-25-26-18(22)30-17)14(8)24-16(29)12-7-13(19)27-28(12)15-11(21)3-2-4-23-15/h2-7H,1H3,(H2,22,26)(H,24,29). The molecule has 8 nitrogen and oxygen atoms in total. The lowest BCUT2D eigenvalue weighted by atomic mass is 10.1. The average molecular weight is 525 g/mol. The van der Waals surface area contributed by atoms with Gasteiger partial charge in [0.1, 0.15) is 10.3 Å². The first kappa shape index (κ1) is 20.7. The molecular formula is C18H12BrCl2N7OS. The van der Waals surface area contributed by atoms with Crippen molar-refractivity contribution in [2.24, 2.45) is 0 Å². The molecule has 0 spiro atoms. The second-order valence-corrected chi connectivity index (χ2v) is 8.78. The van der Waals surface area contributed by atoms with Crippen LogP contribution in [0.1, 0.15) is 16.1 Å². The van der Waals surface area contributed by atoms with E-state index in [1.54, 1.807) is 36.5 Å². The number of halogens is 3. The molecule has 0 radical (unpaired) electrons. The van der Waals surface area contributed by atoms with Crippen LogP contribution in [0.25, 0.3) is 16.4 Å². The lowest BCUT2D eigenvalue weighted by Crippen LogP contribution is -2.18. The predicted octanol–water partition coefficient (Wildman–Crippen LogP) is 5.00. The number of hydrogen-bond acceptors (Lipinski definition) is 7. The van der Waals surface area contributed by atoms with Crippen molar-refractivity contribution in [2.75, 3.05) is 11.1 Å². The minimum absolute atomic E-state index is 0.236. The summed E-state index contributed by atoms with van der Waals surface area (Å²) in [5, 5.41) is 16.8. The Morgan fingerprint density at radius 1 is 1.27 bits per heavy atom. The Hall–Kier alpha value is -2.53. The highest BCUT2D eigenvalue weighted by Crippen LogP contribution is 2.36. The van der Waals surface area contributed by atoms with Gasteiger partial charge in [0.25, 0.3) is 5.91 Å². The monoisotopic (exact) mass is 523 g/mol. The minimum atomic E-state index is -0.418. The van der Waals surface area contributed by atoms with E-state index in [9.17, 15) is 4.79 Å². The number of carbonyl (C=O) groups is 1. The summed E-state index contributed by atoms with van der Waals surface area (Å²) in [5.41, 5.74) is 7.86. The van der Waals surface area contributed by atoms with Gasteiger partial charge >= 0.3 is 0 Å². The number of benzene rings is 1. The SMILES string of the molecule is Cc1cc(Cl)cc(-c2nnc(N)s2)c1NC(=O)c1cc(Br)nn1-c1ncccc1Cl. The molecule has 0 aliphatic heterocycles. The van der Waals surface area contributed by atoms with Crippen molar-refractivity contribution in [3.8, 4) is 16.4 Å². The van der Waals surface area contributed by atoms with Crippen molar-refractivity contribution in [3.63, 3.8) is 0 Å². The van der Waals surface area contributed by atoms with Crippen molar-refractivity contribution in [3.05, 3.63) is 62.4 Å². The van der Waals surface area contributed by atoms with E-state index in [-0.39, 0.29) is 5.69 Å². The first-order valence-corrected chi connectivity index (χ1v) is 10.8. The van der Waals surface area contributed by atoms with Gasteiger partial charge in [-0.2, -0.15) is 5.10 Å². The van der Waals surface area contributed by atoms with Gasteiger partial charge in [-0.1, -0.05) is 34.5 Å². The number of nitrogen functional groups attached to an aromatic ring is 1. The quantitative estimate of drug-likeness (QED) is 0.388. The third-order valence-corrected chi connectivity index (χ3v) is 5.75. The van der Waals surface area contributed by atoms with Crippen LogP contribution in [0.3, 0.4) is 0 Å². The fraction of sp³-hybridized carbons (Fsp3) is 0.0556. The molecule has 0 aliphatic carbocycles. The molecule has 1 aromatic carbocycles. The van der Waals surface area contributed by atoms with Crippen LogP contribution in [-0.4, -0.2) is 30.9 Å². The second-order valence-electron chi connectivity index (χ2n) is 6.12. The smallest absolute Gasteiger partial charge is 0.274 e. The maximum atomic E-state index is 13.2. The van der Waals surface area contributed by atoms with Gasteiger partial charge in [0, 0.05) is 22.8 Å². The van der Waals surface area contributed by atoms with Gasteiger partial charge in [-0.05, 0) is 52.7 Å². The van der Waals surface area contributed by atoms with E-state index in [0.29, 0.717) is 41.9 Å². The maximum absolute atomic E-state index is 13.2. The summed E-state index contributed by atoms with van der Waals surface area (Å²) in [5.74, 6) is -0.0842. The third-order valence-electron chi connectivity index (χ3n) is 4.06. The molecule has 12 heteroatoms. The number of anilines is 2. The number of nitrogens with two attached hydrogens (primary N) is 1. The number of aromatic nitrogens is 5. The van der Waals surface area contributed by atoms with Crippen LogP contribution in [0.5, 0.6) is 0 Å². The van der Waals surface area contributed by atoms with Crippen LogP contribution in [0, 0.1) is 6.92 Å². The zero-order valence-electron chi connectivity index (χ0n) is 15.2. The second kappa shape index (κ2) is 8.31. The van der Waals surface area contributed by atoms with Gasteiger partial charge in [-0.25, -0.2) is 9.67 Å². The first-order chi connectivity index (χ1) is 14.3. The van der Waals surface area contributed by atoms with Gasteiger partial charge in [0.15, 0.2) is 10.8 Å². The molecule has 30 heavy (non-hydrogen) atoms. The van der Waals surface area contributed by atoms with Gasteiger partial charge in [-0.15, -0.1) is 10.2 Å². The molecule has 0 aliphatic rings. The molecule has 0 unspecified atom stereocenters. The van der Waals surface area contributed by atoms with E-state index < -0.39 is 5.91 Å². The fourth-order valence-electron chi connectivity index (χ4n) is 2.81. The number of carbonyl (C=O) groups excluding carboxylic acids is 1. The highest BCUT2D eigenvalue weighted by atomic mass is 79.9. The Bertz CT molecular complexity index is 1270. The van der Waals surface area contributed by atoms with Gasteiger partial charge < -0.3 is 11.1 Å². The molecule has 3 heterocycles. The molecule has 3 N–H and O–H groups in total. The van der Waals surface area contributed by atoms with Crippen LogP contribution in [0.15, 0.2) is 41.1 Å². The Balaban J connectivity index is 1.77. The number of nitrogens with zero attached hydrogens (tertiary/aromatic N) is 5. The van der Waals surface area contributed by atoms with Crippen molar-refractivity contribution in [1.29, 1.82) is 0 Å². The molecular weight excluding hydrogens is 513 g/mol. The molecule has 4 rings (SSSR count). The number of nitrogens with one attached hydrogen (secondary N) is 1. The largest absolute Gasteiger partial charge is 0.374 e. The number of hydrogen-bond donors (Lipinski definition) is 2. The summed E-state index contributed by atoms with van der Waals surface area (Å²) in [7, 11) is 0. The van der Waals surface area contributed by atoms with Gasteiger partial charge in [-0.3, -0.25) is 4.79 Å². The van der Waals surface area contributed by atoms with Crippen LogP contribution < -0.4 is 11.1 Å². The zero-order valence-corrected chi connectivity index (χ0v) is 19.1. The van der Waals surface area contributed by atoms with Crippen molar-refractivity contribution in [1.82, 2.24) is 25.0 Å². The van der Waals surface area contributed by atoms with Crippen LogP contribution in [0.2, 0.25) is 10.0 Å². The molecule has 0 fully saturated rings. The first-order valence-electron chi connectivity index (χ1n) is 8.41. The normalized spacial score (nSPS) is 10.9. The van der Waals surface area contributed by atoms with E-state index in [1.807, 2.05) is 6.92 Å². The molecule has 4 aromatic rings. The average Bonchev–Trinajstić information content (AvgIpc) is 3.29. The van der Waals surface area contributed by atoms with Crippen LogP contribution >= 0.6 is 50.5 Å². The summed E-state index contributed by atoms with van der Waals surface area (Å²) >= 11 is 17.0. The van der Waals surface area contributed by atoms with Crippen molar-refractivity contribution < 1.29 is 4.79 Å². The lowest BCUT2D eigenvalue weighted by molar-refractivity contribution is 0.101. The van der Waals surface area contributed by atoms with Crippen molar-refractivity contribution in [2.45, 2.75) is 6.92 Å². The molecule has 0 saturated carbocycles. The summed E-state index contributed by atoms with van der Waals surface area (Å²) in [6.45, 7) is 1.83. The molecule has 0 bridgehead atoms. The van der Waals surface area contributed by atoms with Gasteiger partial charge in [0.2, 0.25) is 5.13 Å². The molecule has 3 aromatic heterocycles. The number of aryl methyl sites for hydroxylation is 1. The number of rotatable bonds is 4. The van der Waals surface area contributed by atoms with Crippen LogP contribution in [0.4, 0.5) is 10.8 Å². The topological polar surface area (TPSA) is 112 Å². The highest BCUT2D eigenvalue weighted by molar-refractivity contribution is 9.10. The summed E-state index contributed by atoms with van der Waals surface area (Å²) in [4.78, 5) is 17.4. The predicted molar refractivity (Wildman–Crippen MR) is 122 cm³/mol. The Labute approximate surface area is 193 Å². The van der Waals surface area contributed by atoms with E-state index in [0.717, 1.165) is 5.56 Å². The highest BCUT2D eigenvalue weighted by Gasteiger charge is 2.22. The fourth-order valence-corrected chi connectivity index (χ4v) is 4.29. The molecule has 152 valence electrons. The Kier molecular flexibility index (Phi) is 5.74. The van der Waals surface area contributed by atoms with E-state index in [2.05, 4.69) is 41.5 Å². The third kappa shape index (κ3) is 4.04. The summed E-state index contributed by atoms with van der Waals surface area (Å²) in [6, 6.07) is 8.39. The van der Waals surface area contributed by atoms with E-state index in [4.69, 9.17) is 28.9 Å². The molecule has 0 saturated heterocycles. The van der Waals surface area contributed by atoms with E-state index >= 15 is 0 Å². The Morgan fingerprint density at radius 2 is 2.07 bits per heavy atom. The Morgan fingerprint density at radius 3 is 2.77 bits per heavy atom. The number of pyridine rings is 1. The summed E-state index contributed by atoms with van der Waals surface area (Å²) in [6.07, 6.45) is 1.57. The lowest BCUT2D eigenvalue weighted by Gasteiger charge is -2.14. The minimum Gasteiger partial charge on any atom is -0.374 e. The van der Waals surface area contributed by atoms with Gasteiger partial charge in [0.05, 0.1) is 10.7 Å².